The van der Waals surface area contributed by atoms with E-state index in [1.54, 1.807) is 0 Å². The molecule has 0 radical (unpaired) electrons. The van der Waals surface area contributed by atoms with Gasteiger partial charge in [0.05, 0.1) is 18.7 Å². The van der Waals surface area contributed by atoms with Crippen molar-refractivity contribution in [3.8, 4) is 0 Å². The maximum Gasteiger partial charge on any atom is 0.0705 e. The number of morpholine rings is 1. The second kappa shape index (κ2) is 7.81. The summed E-state index contributed by atoms with van der Waals surface area (Å²) in [6.45, 7) is 9.88. The first-order chi connectivity index (χ1) is 12.3. The lowest BCUT2D eigenvalue weighted by atomic mass is 9.89. The van der Waals surface area contributed by atoms with Crippen LogP contribution in [0, 0.1) is 5.92 Å². The van der Waals surface area contributed by atoms with Gasteiger partial charge in [0.2, 0.25) is 0 Å². The highest BCUT2D eigenvalue weighted by atomic mass is 16.5. The van der Waals surface area contributed by atoms with Crippen molar-refractivity contribution in [3.63, 3.8) is 0 Å². The first-order valence-corrected chi connectivity index (χ1v) is 9.68. The third-order valence-electron chi connectivity index (χ3n) is 6.07. The van der Waals surface area contributed by atoms with E-state index in [0.717, 1.165) is 44.3 Å². The van der Waals surface area contributed by atoms with Gasteiger partial charge in [0.15, 0.2) is 0 Å². The first kappa shape index (κ1) is 17.0. The summed E-state index contributed by atoms with van der Waals surface area (Å²) in [6.07, 6.45) is 4.56. The van der Waals surface area contributed by atoms with Gasteiger partial charge >= 0.3 is 0 Å². The highest BCUT2D eigenvalue weighted by Crippen LogP contribution is 2.26. The molecule has 3 heterocycles. The molecule has 25 heavy (non-hydrogen) atoms. The van der Waals surface area contributed by atoms with E-state index in [0.29, 0.717) is 6.04 Å². The van der Waals surface area contributed by atoms with Gasteiger partial charge in [-0.25, -0.2) is 0 Å². The van der Waals surface area contributed by atoms with E-state index in [2.05, 4.69) is 52.0 Å². The Morgan fingerprint density at radius 1 is 1.08 bits per heavy atom. The van der Waals surface area contributed by atoms with Crippen molar-refractivity contribution < 1.29 is 4.74 Å². The van der Waals surface area contributed by atoms with Crippen molar-refractivity contribution in [1.82, 2.24) is 14.8 Å². The molecule has 134 valence electrons. The number of hydrogen-bond donors (Lipinski definition) is 0. The van der Waals surface area contributed by atoms with E-state index in [1.165, 1.54) is 36.9 Å². The molecule has 2 fully saturated rings. The van der Waals surface area contributed by atoms with Crippen LogP contribution in [-0.2, 0) is 11.3 Å². The van der Waals surface area contributed by atoms with Gasteiger partial charge in [-0.1, -0.05) is 18.2 Å². The van der Waals surface area contributed by atoms with Crippen LogP contribution in [0.15, 0.2) is 36.5 Å². The zero-order valence-corrected chi connectivity index (χ0v) is 15.2. The van der Waals surface area contributed by atoms with E-state index in [9.17, 15) is 0 Å². The van der Waals surface area contributed by atoms with Gasteiger partial charge in [-0.15, -0.1) is 0 Å². The number of likely N-dealkylation sites (tertiary alicyclic amines) is 1. The number of pyridine rings is 1. The van der Waals surface area contributed by atoms with E-state index in [1.807, 2.05) is 6.20 Å². The van der Waals surface area contributed by atoms with Crippen LogP contribution in [0.3, 0.4) is 0 Å². The number of ether oxygens (including phenoxy) is 1. The molecule has 1 aromatic heterocycles. The molecule has 1 atom stereocenters. The van der Waals surface area contributed by atoms with Gasteiger partial charge in [-0.3, -0.25) is 14.8 Å². The summed E-state index contributed by atoms with van der Waals surface area (Å²) in [5.41, 5.74) is 2.51. The monoisotopic (exact) mass is 339 g/mol. The molecular formula is C21H29N3O. The summed E-state index contributed by atoms with van der Waals surface area (Å²) < 4.78 is 5.50. The smallest absolute Gasteiger partial charge is 0.0705 e. The van der Waals surface area contributed by atoms with Crippen LogP contribution in [0.25, 0.3) is 10.9 Å². The highest BCUT2D eigenvalue weighted by Gasteiger charge is 2.28. The summed E-state index contributed by atoms with van der Waals surface area (Å²) in [6, 6.07) is 11.4. The molecule has 0 amide bonds. The summed E-state index contributed by atoms with van der Waals surface area (Å²) >= 11 is 0. The maximum absolute atomic E-state index is 5.50. The molecule has 2 saturated heterocycles. The molecule has 4 heteroatoms. The zero-order valence-electron chi connectivity index (χ0n) is 15.2. The Morgan fingerprint density at radius 3 is 2.64 bits per heavy atom. The molecule has 4 nitrogen and oxygen atoms in total. The van der Waals surface area contributed by atoms with Gasteiger partial charge in [-0.2, -0.15) is 0 Å². The molecule has 0 saturated carbocycles. The number of fused-ring (bicyclic) bond motifs is 1. The fourth-order valence-electron chi connectivity index (χ4n) is 4.41. The molecule has 1 aromatic carbocycles. The van der Waals surface area contributed by atoms with Gasteiger partial charge in [-0.05, 0) is 56.5 Å². The van der Waals surface area contributed by atoms with E-state index in [-0.39, 0.29) is 0 Å². The van der Waals surface area contributed by atoms with E-state index in [4.69, 9.17) is 4.74 Å². The lowest BCUT2D eigenvalue weighted by Crippen LogP contribution is -2.48. The van der Waals surface area contributed by atoms with Gasteiger partial charge < -0.3 is 4.74 Å². The van der Waals surface area contributed by atoms with E-state index < -0.39 is 0 Å². The normalized spacial score (nSPS) is 22.3. The molecule has 0 bridgehead atoms. The summed E-state index contributed by atoms with van der Waals surface area (Å²) in [5.74, 6) is 0.823. The molecule has 4 rings (SSSR count). The molecular weight excluding hydrogens is 310 g/mol. The molecule has 2 aliphatic heterocycles. The fraction of sp³-hybridized carbons (Fsp3) is 0.571. The summed E-state index contributed by atoms with van der Waals surface area (Å²) in [4.78, 5) is 9.73. The van der Waals surface area contributed by atoms with Crippen molar-refractivity contribution >= 4 is 10.9 Å². The lowest BCUT2D eigenvalue weighted by molar-refractivity contribution is -0.00190. The third-order valence-corrected chi connectivity index (χ3v) is 6.07. The number of rotatable bonds is 4. The quantitative estimate of drug-likeness (QED) is 0.855. The van der Waals surface area contributed by atoms with Crippen LogP contribution in [-0.4, -0.2) is 60.2 Å². The average molecular weight is 339 g/mol. The van der Waals surface area contributed by atoms with Gasteiger partial charge in [0.25, 0.3) is 0 Å². The Bertz CT molecular complexity index is 685. The van der Waals surface area contributed by atoms with Crippen molar-refractivity contribution in [1.29, 1.82) is 0 Å². The average Bonchev–Trinajstić information content (AvgIpc) is 2.69. The maximum atomic E-state index is 5.50. The van der Waals surface area contributed by atoms with Crippen LogP contribution in [0.2, 0.25) is 0 Å². The first-order valence-electron chi connectivity index (χ1n) is 9.68. The Balaban J connectivity index is 1.35. The topological polar surface area (TPSA) is 28.6 Å². The van der Waals surface area contributed by atoms with Crippen molar-refractivity contribution in [2.24, 2.45) is 5.92 Å². The number of hydrogen-bond acceptors (Lipinski definition) is 4. The van der Waals surface area contributed by atoms with Crippen LogP contribution in [0.4, 0.5) is 0 Å². The standard InChI is InChI=1S/C21H29N3O/c1-17(24-12-14-25-15-13-24)18-7-10-23(11-8-18)16-19-6-9-22-21-5-3-2-4-20(19)21/h2-6,9,17-18H,7-8,10-16H2,1H3. The number of para-hydroxylation sites is 1. The molecule has 2 aromatic rings. The van der Waals surface area contributed by atoms with Crippen LogP contribution in [0.5, 0.6) is 0 Å². The predicted molar refractivity (Wildman–Crippen MR) is 102 cm³/mol. The number of nitrogens with zero attached hydrogens (tertiary/aromatic N) is 3. The Hall–Kier alpha value is -1.49. The number of benzene rings is 1. The predicted octanol–water partition coefficient (Wildman–Crippen LogP) is 3.17. The van der Waals surface area contributed by atoms with Crippen molar-refractivity contribution in [2.75, 3.05) is 39.4 Å². The minimum atomic E-state index is 0.688. The summed E-state index contributed by atoms with van der Waals surface area (Å²) in [5, 5.41) is 1.30. The second-order valence-electron chi connectivity index (χ2n) is 7.49. The van der Waals surface area contributed by atoms with Crippen LogP contribution >= 0.6 is 0 Å². The van der Waals surface area contributed by atoms with E-state index >= 15 is 0 Å². The lowest BCUT2D eigenvalue weighted by Gasteiger charge is -2.41. The van der Waals surface area contributed by atoms with Crippen LogP contribution in [0.1, 0.15) is 25.3 Å². The molecule has 1 unspecified atom stereocenters. The van der Waals surface area contributed by atoms with Crippen molar-refractivity contribution in [2.45, 2.75) is 32.4 Å². The van der Waals surface area contributed by atoms with Crippen LogP contribution < -0.4 is 0 Å². The minimum absolute atomic E-state index is 0.688. The number of piperidine rings is 1. The SMILES string of the molecule is CC(C1CCN(Cc2ccnc3ccccc23)CC1)N1CCOCC1. The Labute approximate surface area is 150 Å². The molecule has 0 N–H and O–H groups in total. The largest absolute Gasteiger partial charge is 0.379 e. The molecule has 2 aliphatic rings. The minimum Gasteiger partial charge on any atom is -0.379 e. The van der Waals surface area contributed by atoms with Crippen molar-refractivity contribution in [3.05, 3.63) is 42.1 Å². The zero-order chi connectivity index (χ0) is 17.1. The molecule has 0 spiro atoms. The second-order valence-corrected chi connectivity index (χ2v) is 7.49. The highest BCUT2D eigenvalue weighted by molar-refractivity contribution is 5.81. The summed E-state index contributed by atoms with van der Waals surface area (Å²) in [7, 11) is 0. The van der Waals surface area contributed by atoms with Gasteiger partial charge in [0, 0.05) is 37.3 Å². The Kier molecular flexibility index (Phi) is 5.30. The third kappa shape index (κ3) is 3.86. The number of aromatic nitrogens is 1. The van der Waals surface area contributed by atoms with Gasteiger partial charge in [0.1, 0.15) is 0 Å². The Morgan fingerprint density at radius 2 is 1.84 bits per heavy atom. The molecule has 0 aliphatic carbocycles. The fourth-order valence-corrected chi connectivity index (χ4v) is 4.41.